The van der Waals surface area contributed by atoms with Gasteiger partial charge in [-0.25, -0.2) is 0 Å². The number of hydrogen-bond acceptors (Lipinski definition) is 1. The molecule has 14 heavy (non-hydrogen) atoms. The molecule has 1 fully saturated rings. The quantitative estimate of drug-likeness (QED) is 0.691. The molecule has 0 amide bonds. The number of benzene rings is 1. The zero-order valence-electron chi connectivity index (χ0n) is 9.11. The molecule has 0 bridgehead atoms. The average molecular weight is 189 g/mol. The van der Waals surface area contributed by atoms with Crippen LogP contribution in [-0.4, -0.2) is 17.5 Å². The number of rotatable bonds is 2. The van der Waals surface area contributed by atoms with Crippen molar-refractivity contribution in [3.63, 3.8) is 0 Å². The Hall–Kier alpha value is -0.820. The van der Waals surface area contributed by atoms with Gasteiger partial charge in [0.1, 0.15) is 0 Å². The Morgan fingerprint density at radius 3 is 2.50 bits per heavy atom. The van der Waals surface area contributed by atoms with Crippen LogP contribution >= 0.6 is 0 Å². The maximum atomic E-state index is 2.58. The van der Waals surface area contributed by atoms with Crippen LogP contribution in [0.5, 0.6) is 0 Å². The van der Waals surface area contributed by atoms with E-state index in [1.165, 1.54) is 18.5 Å². The third-order valence-electron chi connectivity index (χ3n) is 3.14. The van der Waals surface area contributed by atoms with Crippen molar-refractivity contribution in [2.45, 2.75) is 32.9 Å². The topological polar surface area (TPSA) is 3.24 Å². The Labute approximate surface area is 86.7 Å². The minimum absolute atomic E-state index is 0.755. The summed E-state index contributed by atoms with van der Waals surface area (Å²) in [6.07, 6.45) is 1.35. The van der Waals surface area contributed by atoms with Crippen molar-refractivity contribution in [2.75, 3.05) is 6.54 Å². The second-order valence-corrected chi connectivity index (χ2v) is 4.60. The van der Waals surface area contributed by atoms with Gasteiger partial charge in [0.15, 0.2) is 0 Å². The van der Waals surface area contributed by atoms with E-state index < -0.39 is 0 Å². The molecule has 1 heteroatoms. The van der Waals surface area contributed by atoms with Gasteiger partial charge >= 0.3 is 0 Å². The van der Waals surface area contributed by atoms with E-state index in [1.807, 2.05) is 0 Å². The van der Waals surface area contributed by atoms with Gasteiger partial charge in [0.25, 0.3) is 0 Å². The van der Waals surface area contributed by atoms with Crippen LogP contribution in [0.4, 0.5) is 0 Å². The highest BCUT2D eigenvalue weighted by Gasteiger charge is 2.25. The Morgan fingerprint density at radius 1 is 1.21 bits per heavy atom. The molecule has 1 aliphatic heterocycles. The lowest BCUT2D eigenvalue weighted by atomic mass is 10.1. The normalized spacial score (nSPS) is 28.1. The van der Waals surface area contributed by atoms with Crippen LogP contribution < -0.4 is 0 Å². The van der Waals surface area contributed by atoms with Gasteiger partial charge in [0, 0.05) is 19.1 Å². The molecule has 1 heterocycles. The van der Waals surface area contributed by atoms with Gasteiger partial charge < -0.3 is 0 Å². The maximum Gasteiger partial charge on any atom is 0.0236 e. The Kier molecular flexibility index (Phi) is 2.87. The summed E-state index contributed by atoms with van der Waals surface area (Å²) in [6, 6.07) is 11.5. The van der Waals surface area contributed by atoms with Crippen molar-refractivity contribution in [3.8, 4) is 0 Å². The first-order valence-corrected chi connectivity index (χ1v) is 5.53. The molecule has 2 atom stereocenters. The first kappa shape index (κ1) is 9.72. The van der Waals surface area contributed by atoms with Gasteiger partial charge in [-0.1, -0.05) is 37.3 Å². The lowest BCUT2D eigenvalue weighted by Gasteiger charge is -2.20. The molecule has 0 spiro atoms. The first-order chi connectivity index (χ1) is 6.75. The first-order valence-electron chi connectivity index (χ1n) is 5.53. The second kappa shape index (κ2) is 4.14. The van der Waals surface area contributed by atoms with Crippen LogP contribution in [0, 0.1) is 5.92 Å². The summed E-state index contributed by atoms with van der Waals surface area (Å²) >= 11 is 0. The smallest absolute Gasteiger partial charge is 0.0236 e. The van der Waals surface area contributed by atoms with E-state index in [0.29, 0.717) is 0 Å². The molecule has 0 N–H and O–H groups in total. The largest absolute Gasteiger partial charge is 0.296 e. The highest BCUT2D eigenvalue weighted by Crippen LogP contribution is 2.23. The van der Waals surface area contributed by atoms with E-state index in [1.54, 1.807) is 0 Å². The third-order valence-corrected chi connectivity index (χ3v) is 3.14. The zero-order chi connectivity index (χ0) is 9.97. The Morgan fingerprint density at radius 2 is 1.93 bits per heavy atom. The van der Waals surface area contributed by atoms with Crippen LogP contribution in [0.1, 0.15) is 25.8 Å². The Balaban J connectivity index is 1.98. The summed E-state index contributed by atoms with van der Waals surface area (Å²) < 4.78 is 0. The number of hydrogen-bond donors (Lipinski definition) is 0. The van der Waals surface area contributed by atoms with E-state index in [2.05, 4.69) is 49.1 Å². The molecule has 1 saturated heterocycles. The summed E-state index contributed by atoms with van der Waals surface area (Å²) in [4.78, 5) is 2.58. The predicted molar refractivity (Wildman–Crippen MR) is 60.1 cm³/mol. The van der Waals surface area contributed by atoms with Gasteiger partial charge in [-0.05, 0) is 24.8 Å². The molecule has 1 aromatic carbocycles. The minimum atomic E-state index is 0.755. The van der Waals surface area contributed by atoms with E-state index in [9.17, 15) is 0 Å². The monoisotopic (exact) mass is 189 g/mol. The second-order valence-electron chi connectivity index (χ2n) is 4.60. The van der Waals surface area contributed by atoms with E-state index >= 15 is 0 Å². The van der Waals surface area contributed by atoms with Gasteiger partial charge in [-0.15, -0.1) is 0 Å². The Bertz CT molecular complexity index is 281. The number of likely N-dealkylation sites (tertiary alicyclic amines) is 1. The molecule has 1 aromatic rings. The molecule has 1 nitrogen and oxygen atoms in total. The van der Waals surface area contributed by atoms with Gasteiger partial charge in [0.05, 0.1) is 0 Å². The summed E-state index contributed by atoms with van der Waals surface area (Å²) in [5.74, 6) is 0.869. The van der Waals surface area contributed by atoms with Crippen LogP contribution in [0.15, 0.2) is 30.3 Å². The molecule has 0 saturated carbocycles. The van der Waals surface area contributed by atoms with Crippen LogP contribution in [0.3, 0.4) is 0 Å². The summed E-state index contributed by atoms with van der Waals surface area (Å²) in [5.41, 5.74) is 1.44. The maximum absolute atomic E-state index is 2.58. The highest BCUT2D eigenvalue weighted by molar-refractivity contribution is 5.14. The summed E-state index contributed by atoms with van der Waals surface area (Å²) in [7, 11) is 0. The fraction of sp³-hybridized carbons (Fsp3) is 0.538. The van der Waals surface area contributed by atoms with Crippen molar-refractivity contribution in [2.24, 2.45) is 5.92 Å². The predicted octanol–water partition coefficient (Wildman–Crippen LogP) is 2.92. The van der Waals surface area contributed by atoms with Gasteiger partial charge in [0.2, 0.25) is 0 Å². The molecule has 1 unspecified atom stereocenters. The molecule has 0 radical (unpaired) electrons. The lowest BCUT2D eigenvalue weighted by Crippen LogP contribution is -2.26. The average Bonchev–Trinajstić information content (AvgIpc) is 2.47. The minimum Gasteiger partial charge on any atom is -0.296 e. The molecular weight excluding hydrogens is 170 g/mol. The molecule has 2 rings (SSSR count). The van der Waals surface area contributed by atoms with Crippen molar-refractivity contribution in [3.05, 3.63) is 35.9 Å². The third kappa shape index (κ3) is 2.16. The van der Waals surface area contributed by atoms with Gasteiger partial charge in [-0.2, -0.15) is 0 Å². The van der Waals surface area contributed by atoms with Crippen LogP contribution in [0.2, 0.25) is 0 Å². The van der Waals surface area contributed by atoms with Crippen molar-refractivity contribution in [1.82, 2.24) is 4.90 Å². The van der Waals surface area contributed by atoms with E-state index in [0.717, 1.165) is 18.5 Å². The lowest BCUT2D eigenvalue weighted by molar-refractivity contribution is 0.256. The molecule has 0 aromatic heterocycles. The molecule has 0 aliphatic carbocycles. The standard InChI is InChI=1S/C13H19N/c1-11-8-12(2)14(9-11)10-13-6-4-3-5-7-13/h3-7,11-12H,8-10H2,1-2H3/t11-,12?/m0/s1. The van der Waals surface area contributed by atoms with E-state index in [4.69, 9.17) is 0 Å². The van der Waals surface area contributed by atoms with E-state index in [-0.39, 0.29) is 0 Å². The van der Waals surface area contributed by atoms with Crippen molar-refractivity contribution in [1.29, 1.82) is 0 Å². The zero-order valence-corrected chi connectivity index (χ0v) is 9.11. The molecule has 1 aliphatic rings. The molecular formula is C13H19N. The SMILES string of the molecule is CC1C[C@H](C)CN1Cc1ccccc1. The summed E-state index contributed by atoms with van der Waals surface area (Å²) in [5, 5.41) is 0. The van der Waals surface area contributed by atoms with Gasteiger partial charge in [-0.3, -0.25) is 4.90 Å². The fourth-order valence-corrected chi connectivity index (χ4v) is 2.42. The fourth-order valence-electron chi connectivity index (χ4n) is 2.42. The van der Waals surface area contributed by atoms with Crippen molar-refractivity contribution >= 4 is 0 Å². The number of nitrogens with zero attached hydrogens (tertiary/aromatic N) is 1. The van der Waals surface area contributed by atoms with Crippen LogP contribution in [-0.2, 0) is 6.54 Å². The van der Waals surface area contributed by atoms with Crippen molar-refractivity contribution < 1.29 is 0 Å². The summed E-state index contributed by atoms with van der Waals surface area (Å²) in [6.45, 7) is 7.07. The van der Waals surface area contributed by atoms with Crippen LogP contribution in [0.25, 0.3) is 0 Å². The highest BCUT2D eigenvalue weighted by atomic mass is 15.2. The molecule has 76 valence electrons.